The van der Waals surface area contributed by atoms with Crippen molar-refractivity contribution in [3.05, 3.63) is 40.4 Å². The zero-order valence-corrected chi connectivity index (χ0v) is 17.6. The summed E-state index contributed by atoms with van der Waals surface area (Å²) in [6.45, 7) is 3.86. The molecule has 0 saturated carbocycles. The summed E-state index contributed by atoms with van der Waals surface area (Å²) in [5.74, 6) is -1.62. The Hall–Kier alpha value is -2.13. The highest BCUT2D eigenvalue weighted by Gasteiger charge is 2.38. The molecule has 2 aromatic rings. The number of rotatable bonds is 4. The second-order valence-corrected chi connectivity index (χ2v) is 7.55. The van der Waals surface area contributed by atoms with Crippen LogP contribution in [-0.2, 0) is 9.53 Å². The first kappa shape index (κ1) is 23.2. The van der Waals surface area contributed by atoms with Crippen molar-refractivity contribution in [2.45, 2.75) is 31.9 Å². The van der Waals surface area contributed by atoms with Gasteiger partial charge in [-0.3, -0.25) is 5.41 Å². The van der Waals surface area contributed by atoms with Gasteiger partial charge in [-0.25, -0.2) is 4.79 Å². The Morgan fingerprint density at radius 1 is 1.31 bits per heavy atom. The fraction of sp³-hybridized carbons (Fsp3) is 0.400. The number of amidine groups is 1. The third-order valence-electron chi connectivity index (χ3n) is 4.60. The maximum atomic E-state index is 10.6. The number of carboxylic acid groups (broad SMARTS) is 1. The Morgan fingerprint density at radius 2 is 1.97 bits per heavy atom. The molecule has 1 aliphatic heterocycles. The molecule has 1 unspecified atom stereocenters. The van der Waals surface area contributed by atoms with Gasteiger partial charge in [0, 0.05) is 42.8 Å². The summed E-state index contributed by atoms with van der Waals surface area (Å²) in [7, 11) is 1.71. The van der Waals surface area contributed by atoms with Crippen LogP contribution < -0.4 is 4.90 Å². The molecule has 1 atom stereocenters. The molecule has 2 aromatic carbocycles. The molecule has 158 valence electrons. The molecule has 9 heteroatoms. The minimum Gasteiger partial charge on any atom is -0.475 e. The number of methoxy groups -OCH3 is 1. The van der Waals surface area contributed by atoms with Gasteiger partial charge in [0.15, 0.2) is 0 Å². The lowest BCUT2D eigenvalue weighted by atomic mass is 9.96. The molecule has 29 heavy (non-hydrogen) atoms. The van der Waals surface area contributed by atoms with E-state index in [0.29, 0.717) is 18.4 Å². The van der Waals surface area contributed by atoms with E-state index < -0.39 is 12.1 Å². The summed E-state index contributed by atoms with van der Waals surface area (Å²) >= 11 is 3.64. The molecular weight excluding hydrogens is 453 g/mol. The number of hydrogen-bond donors (Lipinski definition) is 2. The third-order valence-corrected chi connectivity index (χ3v) is 5.29. The molecule has 0 spiro atoms. The SMILES string of the molecule is COCCCC(=N)N1CC(C)c2c1ccc1c(Br)cccc21.O=C(O)C(F)(F)F. The first-order valence-corrected chi connectivity index (χ1v) is 9.72. The number of halogens is 4. The van der Waals surface area contributed by atoms with Crippen LogP contribution in [0.1, 0.15) is 31.2 Å². The fourth-order valence-electron chi connectivity index (χ4n) is 3.32. The molecule has 0 amide bonds. The monoisotopic (exact) mass is 474 g/mol. The van der Waals surface area contributed by atoms with Gasteiger partial charge in [-0.1, -0.05) is 41.1 Å². The molecule has 0 aromatic heterocycles. The van der Waals surface area contributed by atoms with Gasteiger partial charge >= 0.3 is 12.1 Å². The van der Waals surface area contributed by atoms with E-state index in [-0.39, 0.29) is 0 Å². The van der Waals surface area contributed by atoms with Gasteiger partial charge in [0.2, 0.25) is 0 Å². The zero-order valence-electron chi connectivity index (χ0n) is 16.0. The average Bonchev–Trinajstić information content (AvgIpc) is 2.99. The van der Waals surface area contributed by atoms with Crippen molar-refractivity contribution >= 4 is 44.2 Å². The van der Waals surface area contributed by atoms with E-state index >= 15 is 0 Å². The van der Waals surface area contributed by atoms with Gasteiger partial charge < -0.3 is 14.7 Å². The molecular formula is C20H22BrF3N2O3. The van der Waals surface area contributed by atoms with Gasteiger partial charge in [-0.15, -0.1) is 0 Å². The van der Waals surface area contributed by atoms with Crippen molar-refractivity contribution < 1.29 is 27.8 Å². The van der Waals surface area contributed by atoms with Crippen LogP contribution in [0.5, 0.6) is 0 Å². The van der Waals surface area contributed by atoms with Gasteiger partial charge in [-0.2, -0.15) is 13.2 Å². The number of aliphatic carboxylic acids is 1. The lowest BCUT2D eigenvalue weighted by Gasteiger charge is -2.20. The molecule has 2 N–H and O–H groups in total. The Bertz CT molecular complexity index is 902. The van der Waals surface area contributed by atoms with E-state index in [2.05, 4.69) is 58.1 Å². The van der Waals surface area contributed by atoms with Crippen LogP contribution in [0.25, 0.3) is 10.8 Å². The second kappa shape index (κ2) is 9.58. The normalized spacial score (nSPS) is 15.7. The maximum Gasteiger partial charge on any atom is 0.490 e. The number of fused-ring (bicyclic) bond motifs is 3. The average molecular weight is 475 g/mol. The Labute approximate surface area is 175 Å². The Morgan fingerprint density at radius 3 is 2.55 bits per heavy atom. The van der Waals surface area contributed by atoms with Crippen LogP contribution in [0.15, 0.2) is 34.8 Å². The van der Waals surface area contributed by atoms with Gasteiger partial charge in [0.1, 0.15) is 5.84 Å². The summed E-state index contributed by atoms with van der Waals surface area (Å²) in [4.78, 5) is 11.1. The van der Waals surface area contributed by atoms with Crippen molar-refractivity contribution in [2.24, 2.45) is 0 Å². The molecule has 0 fully saturated rings. The predicted molar refractivity (Wildman–Crippen MR) is 110 cm³/mol. The number of anilines is 1. The quantitative estimate of drug-likeness (QED) is 0.345. The van der Waals surface area contributed by atoms with Crippen LogP contribution in [0, 0.1) is 5.41 Å². The molecule has 0 bridgehead atoms. The Kier molecular flexibility index (Phi) is 7.65. The molecule has 0 saturated heterocycles. The number of alkyl halides is 3. The van der Waals surface area contributed by atoms with Crippen molar-refractivity contribution in [3.63, 3.8) is 0 Å². The van der Waals surface area contributed by atoms with E-state index in [1.54, 1.807) is 7.11 Å². The van der Waals surface area contributed by atoms with Crippen molar-refractivity contribution in [3.8, 4) is 0 Å². The summed E-state index contributed by atoms with van der Waals surface area (Å²) in [5, 5.41) is 18.1. The van der Waals surface area contributed by atoms with Gasteiger partial charge in [0.05, 0.1) is 0 Å². The van der Waals surface area contributed by atoms with Crippen molar-refractivity contribution in [1.29, 1.82) is 5.41 Å². The first-order valence-electron chi connectivity index (χ1n) is 8.93. The second-order valence-electron chi connectivity index (χ2n) is 6.69. The summed E-state index contributed by atoms with van der Waals surface area (Å²) in [5.41, 5.74) is 2.57. The topological polar surface area (TPSA) is 73.6 Å². The number of ether oxygens (including phenoxy) is 1. The van der Waals surface area contributed by atoms with Gasteiger partial charge in [-0.05, 0) is 34.9 Å². The van der Waals surface area contributed by atoms with Crippen LogP contribution in [0.4, 0.5) is 18.9 Å². The summed E-state index contributed by atoms with van der Waals surface area (Å²) in [6, 6.07) is 10.7. The van der Waals surface area contributed by atoms with Gasteiger partial charge in [0.25, 0.3) is 0 Å². The van der Waals surface area contributed by atoms with Crippen LogP contribution in [0.3, 0.4) is 0 Å². The molecule has 1 heterocycles. The molecule has 3 rings (SSSR count). The van der Waals surface area contributed by atoms with Crippen LogP contribution >= 0.6 is 15.9 Å². The summed E-state index contributed by atoms with van der Waals surface area (Å²) in [6.07, 6.45) is -3.43. The third kappa shape index (κ3) is 5.48. The highest BCUT2D eigenvalue weighted by molar-refractivity contribution is 9.10. The highest BCUT2D eigenvalue weighted by atomic mass is 79.9. The Balaban J connectivity index is 0.000000370. The lowest BCUT2D eigenvalue weighted by Crippen LogP contribution is -2.28. The van der Waals surface area contributed by atoms with Crippen LogP contribution in [0.2, 0.25) is 0 Å². The zero-order chi connectivity index (χ0) is 21.8. The van der Waals surface area contributed by atoms with E-state index in [1.165, 1.54) is 22.0 Å². The minimum atomic E-state index is -5.08. The van der Waals surface area contributed by atoms with E-state index in [0.717, 1.165) is 23.9 Å². The predicted octanol–water partition coefficient (Wildman–Crippen LogP) is 5.56. The number of carboxylic acids is 1. The number of benzene rings is 2. The minimum absolute atomic E-state index is 0.441. The number of nitrogens with zero attached hydrogens (tertiary/aromatic N) is 1. The van der Waals surface area contributed by atoms with E-state index in [1.807, 2.05) is 0 Å². The van der Waals surface area contributed by atoms with E-state index in [4.69, 9.17) is 20.0 Å². The largest absolute Gasteiger partial charge is 0.490 e. The molecule has 1 aliphatic rings. The number of carbonyl (C=O) groups is 1. The van der Waals surface area contributed by atoms with E-state index in [9.17, 15) is 13.2 Å². The van der Waals surface area contributed by atoms with Crippen molar-refractivity contribution in [2.75, 3.05) is 25.2 Å². The van der Waals surface area contributed by atoms with Crippen LogP contribution in [-0.4, -0.2) is 43.3 Å². The fourth-order valence-corrected chi connectivity index (χ4v) is 3.82. The molecule has 0 aliphatic carbocycles. The highest BCUT2D eigenvalue weighted by Crippen LogP contribution is 2.42. The maximum absolute atomic E-state index is 10.6. The molecule has 0 radical (unpaired) electrons. The first-order chi connectivity index (χ1) is 13.6. The smallest absolute Gasteiger partial charge is 0.475 e. The number of nitrogens with one attached hydrogen (secondary N) is 1. The molecule has 5 nitrogen and oxygen atoms in total. The van der Waals surface area contributed by atoms with Crippen molar-refractivity contribution in [1.82, 2.24) is 0 Å². The lowest BCUT2D eigenvalue weighted by molar-refractivity contribution is -0.192. The summed E-state index contributed by atoms with van der Waals surface area (Å²) < 4.78 is 38.0. The number of hydrogen-bond acceptors (Lipinski definition) is 3. The standard InChI is InChI=1S/C18H21BrN2O.C2HF3O2/c1-12-11-21(17(20)7-4-10-22-2)16-9-8-13-14(18(12)16)5-3-6-15(13)19;3-2(4,5)1(6)7/h3,5-6,8-9,12,20H,4,7,10-11H2,1-2H3;(H,6,7).